The molecule has 12 heterocycles. The summed E-state index contributed by atoms with van der Waals surface area (Å²) in [7, 11) is -8.02. The number of benzene rings is 3. The number of carbonyl (C=O) groups is 3. The van der Waals surface area contributed by atoms with Crippen LogP contribution in [0, 0.1) is 57.9 Å². The molecule has 3 aromatic carbocycles. The van der Waals surface area contributed by atoms with Crippen molar-refractivity contribution < 1.29 is 70.8 Å². The third-order valence-corrected chi connectivity index (χ3v) is 17.8. The zero-order chi connectivity index (χ0) is 91.2. The molecule has 108 heavy (non-hydrogen) atoms. The average molecular weight is 1490 g/mol. The van der Waals surface area contributed by atoms with Gasteiger partial charge in [-0.25, -0.2) is 62.4 Å². The lowest BCUT2D eigenvalue weighted by molar-refractivity contribution is 0.0376. The van der Waals surface area contributed by atoms with E-state index in [0.29, 0.717) is 78.7 Å². The second kappa shape index (κ2) is 31.7. The second-order valence-electron chi connectivity index (χ2n) is 25.4. The van der Waals surface area contributed by atoms with E-state index >= 15 is 0 Å². The molecule has 3 aliphatic heterocycles. The van der Waals surface area contributed by atoms with Crippen LogP contribution in [0.25, 0.3) is 34.2 Å². The first-order valence-corrected chi connectivity index (χ1v) is 33.1. The minimum atomic E-state index is -2.71. The molecule has 1 unspecified atom stereocenters. The summed E-state index contributed by atoms with van der Waals surface area (Å²) in [6.45, 7) is 0.597. The van der Waals surface area contributed by atoms with E-state index in [2.05, 4.69) is 76.1 Å². The first-order valence-electron chi connectivity index (χ1n) is 42.1. The predicted octanol–water partition coefficient (Wildman–Crippen LogP) is 9.56. The van der Waals surface area contributed by atoms with E-state index in [4.69, 9.17) is 38.9 Å². The summed E-state index contributed by atoms with van der Waals surface area (Å²) in [6.07, 6.45) is 13.4. The van der Waals surface area contributed by atoms with Crippen molar-refractivity contribution in [2.75, 3.05) is 56.9 Å². The Balaban J connectivity index is 0.000000162. The minimum Gasteiger partial charge on any atom is -0.382 e. The van der Waals surface area contributed by atoms with Crippen molar-refractivity contribution in [1.29, 1.82) is 0 Å². The number of ether oxygens (including phenoxy) is 3. The Hall–Kier alpha value is -12.4. The van der Waals surface area contributed by atoms with Gasteiger partial charge in [0, 0.05) is 149 Å². The van der Waals surface area contributed by atoms with E-state index in [1.54, 1.807) is 91.2 Å². The summed E-state index contributed by atoms with van der Waals surface area (Å²) in [5, 5.41) is 20.0. The van der Waals surface area contributed by atoms with Crippen molar-refractivity contribution in [3.8, 4) is 34.2 Å². The fourth-order valence-electron chi connectivity index (χ4n) is 12.4. The highest BCUT2D eigenvalue weighted by molar-refractivity contribution is 5.94. The number of imidazole rings is 3. The number of halogens is 4. The van der Waals surface area contributed by atoms with Gasteiger partial charge in [0.15, 0.2) is 29.1 Å². The number of fused-ring (bicyclic) bond motifs is 3. The van der Waals surface area contributed by atoms with Gasteiger partial charge in [-0.3, -0.25) is 28.4 Å². The largest absolute Gasteiger partial charge is 0.382 e. The number of nitrogens with one attached hydrogen (secondary N) is 3. The number of aryl methyl sites for hydroxylation is 8. The van der Waals surface area contributed by atoms with Crippen molar-refractivity contribution in [1.82, 2.24) is 103 Å². The normalized spacial score (nSPS) is 18.5. The molecule has 15 rings (SSSR count). The fourth-order valence-corrected chi connectivity index (χ4v) is 12.4. The first-order chi connectivity index (χ1) is 59.1. The number of anilines is 6. The summed E-state index contributed by atoms with van der Waals surface area (Å²) in [6, 6.07) is 14.6. The summed E-state index contributed by atoms with van der Waals surface area (Å²) >= 11 is 0. The van der Waals surface area contributed by atoms with Gasteiger partial charge < -0.3 is 58.6 Å². The summed E-state index contributed by atoms with van der Waals surface area (Å²) in [5.74, 6) is -3.42. The highest BCUT2D eigenvalue weighted by Crippen LogP contribution is 2.32. The van der Waals surface area contributed by atoms with Crippen LogP contribution in [-0.4, -0.2) is 179 Å². The number of hydrogen-bond acceptors (Lipinski definition) is 21. The Kier molecular flexibility index (Phi) is 15.9. The number of aromatic nitrogens is 18. The molecule has 12 aromatic rings. The van der Waals surface area contributed by atoms with E-state index in [-0.39, 0.29) is 123 Å². The summed E-state index contributed by atoms with van der Waals surface area (Å²) in [4.78, 5) is 85.1. The van der Waals surface area contributed by atoms with Gasteiger partial charge in [-0.05, 0) is 103 Å². The van der Waals surface area contributed by atoms with Crippen LogP contribution in [0.2, 0.25) is 0 Å². The maximum absolute atomic E-state index is 13.9. The van der Waals surface area contributed by atoms with E-state index < -0.39 is 89.5 Å². The van der Waals surface area contributed by atoms with Crippen LogP contribution >= 0.6 is 0 Å². The molecule has 0 aliphatic carbocycles. The molecule has 0 fully saturated rings. The highest BCUT2D eigenvalue weighted by Gasteiger charge is 2.38. The standard InChI is InChI=1S/2C25H27FN8O2.C24H24F2N8O2/c2*1-15-9-17(5-6-19(15)26)11-34-18(14-36-4)12-33-13-20(29-23(33)24(34)35)22-16(2)10-27-25(31-22)30-21-7-8-28-32(21)3;1-14-9-27-24(30-20-6-7-28-32(20)2)31-21(14)19-12-33-11-16(13-36-3)34(23(35)22(33)29-19)10-15-4-5-17(25)18(26)8-15/h2*5-10,13,18H,11-12,14H2,1-4H3,(H,27,30,31);4-9,12,16H,10-11,13H2,1-3H3,(H,27,30,31)/t18-;;16-/m1.0/s1/i2*3D3,4D3;2D3,3D3. The van der Waals surface area contributed by atoms with Gasteiger partial charge in [-0.2, -0.15) is 15.3 Å². The van der Waals surface area contributed by atoms with Gasteiger partial charge >= 0.3 is 0 Å². The molecule has 0 bridgehead atoms. The van der Waals surface area contributed by atoms with E-state index in [1.807, 2.05) is 0 Å². The molecule has 34 heteroatoms. The Morgan fingerprint density at radius 2 is 0.741 bits per heavy atom. The maximum Gasteiger partial charge on any atom is 0.290 e. The average Bonchev–Trinajstić information content (AvgIpc) is 1.36. The molecule has 3 N–H and O–H groups in total. The Bertz CT molecular complexity index is 5480. The molecule has 9 aromatic heterocycles. The highest BCUT2D eigenvalue weighted by atomic mass is 19.2. The number of amides is 3. The molecule has 558 valence electrons. The van der Waals surface area contributed by atoms with Crippen LogP contribution in [0.3, 0.4) is 0 Å². The molecule has 3 aliphatic rings. The van der Waals surface area contributed by atoms with Gasteiger partial charge in [0.2, 0.25) is 17.8 Å². The molecular formula is C74H78F4N24O6. The van der Waals surface area contributed by atoms with Crippen molar-refractivity contribution in [2.24, 2.45) is 20.9 Å². The monoisotopic (exact) mass is 1490 g/mol. The van der Waals surface area contributed by atoms with E-state index in [1.165, 1.54) is 88.3 Å². The third-order valence-electron chi connectivity index (χ3n) is 17.8. The summed E-state index contributed by atoms with van der Waals surface area (Å²) < 4.78 is 213. The molecule has 0 saturated heterocycles. The summed E-state index contributed by atoms with van der Waals surface area (Å²) in [5.41, 5.74) is 6.54. The van der Waals surface area contributed by atoms with Gasteiger partial charge in [-0.15, -0.1) is 0 Å². The van der Waals surface area contributed by atoms with E-state index in [0.717, 1.165) is 26.2 Å². The Morgan fingerprint density at radius 1 is 0.417 bits per heavy atom. The number of nitrogens with zero attached hydrogens (tertiary/aromatic N) is 21. The molecule has 3 amide bonds. The quantitative estimate of drug-likeness (QED) is 0.0564. The molecule has 0 radical (unpaired) electrons. The second-order valence-corrected chi connectivity index (χ2v) is 25.4. The molecular weight excluding hydrogens is 1400 g/mol. The maximum atomic E-state index is 13.9. The lowest BCUT2D eigenvalue weighted by Gasteiger charge is -2.35. The molecule has 3 atom stereocenters. The Morgan fingerprint density at radius 3 is 1.05 bits per heavy atom. The predicted molar refractivity (Wildman–Crippen MR) is 389 cm³/mol. The number of rotatable bonds is 21. The van der Waals surface area contributed by atoms with E-state index in [9.17, 15) is 31.9 Å². The number of hydrogen-bond donors (Lipinski definition) is 3. The van der Waals surface area contributed by atoms with Crippen molar-refractivity contribution in [3.63, 3.8) is 0 Å². The molecule has 0 saturated carbocycles. The van der Waals surface area contributed by atoms with Gasteiger partial charge in [0.1, 0.15) is 46.2 Å². The van der Waals surface area contributed by atoms with Gasteiger partial charge in [0.05, 0.1) is 86.0 Å². The lowest BCUT2D eigenvalue weighted by Crippen LogP contribution is -2.49. The van der Waals surface area contributed by atoms with Crippen LogP contribution in [0.1, 0.15) is 101 Å². The zero-order valence-electron chi connectivity index (χ0n) is 76.1. The first kappa shape index (κ1) is 54.2. The van der Waals surface area contributed by atoms with Crippen LogP contribution < -0.4 is 16.0 Å². The van der Waals surface area contributed by atoms with Gasteiger partial charge in [-0.1, -0.05) is 30.3 Å². The van der Waals surface area contributed by atoms with Crippen LogP contribution in [0.5, 0.6) is 0 Å². The van der Waals surface area contributed by atoms with Crippen LogP contribution in [-0.2, 0) is 74.4 Å². The zero-order valence-corrected chi connectivity index (χ0v) is 58.1. The van der Waals surface area contributed by atoms with Crippen LogP contribution in [0.4, 0.5) is 52.9 Å². The van der Waals surface area contributed by atoms with Crippen LogP contribution in [0.15, 0.2) is 129 Å². The number of carbonyl (C=O) groups excluding carboxylic acids is 3. The van der Waals surface area contributed by atoms with Crippen molar-refractivity contribution >= 4 is 53.0 Å². The fraction of sp³-hybridized carbons (Fsp3) is 0.311. The number of methoxy groups -OCH3 is 3. The third kappa shape index (κ3) is 15.9. The van der Waals surface area contributed by atoms with Crippen molar-refractivity contribution in [2.45, 2.75) is 92.0 Å². The Labute approximate surface area is 642 Å². The molecule has 0 spiro atoms. The van der Waals surface area contributed by atoms with Crippen molar-refractivity contribution in [3.05, 3.63) is 214 Å². The lowest BCUT2D eigenvalue weighted by atomic mass is 10.1. The van der Waals surface area contributed by atoms with Gasteiger partial charge in [0.25, 0.3) is 17.7 Å². The topological polar surface area (TPSA) is 309 Å². The molecule has 30 nitrogen and oxygen atoms in total. The SMILES string of the molecule is [2H]C([2H])([2H])OCC1Cn2cc(-c3nc(Nc4ccnn4C([2H])([2H])[2H])ncc3C)nc2C(=O)N1Cc1ccc(F)c(C)c1.[2H]C([2H])([2H])OC[C@@H]1Cn2cc(-c3nc(Nc4ccnn4C([2H])([2H])[2H])ncc3C)nc2C(=O)N1Cc1ccc(F)c(F)c1.[2H]C([2H])([2H])OC[C@H]1Cn2cc(-c3nc(Nc4ccnn4C([2H])([2H])[2H])ncc3C)nc2C(=O)N1Cc1ccc(F)c(C)c1. The smallest absolute Gasteiger partial charge is 0.290 e. The minimum absolute atomic E-state index is 0.0192.